The summed E-state index contributed by atoms with van der Waals surface area (Å²) >= 11 is 0. The molecule has 5 nitrogen and oxygen atoms in total. The first-order valence-corrected chi connectivity index (χ1v) is 12.5. The first-order chi connectivity index (χ1) is 17.0. The minimum atomic E-state index is -0.368. The van der Waals surface area contributed by atoms with E-state index in [0.29, 0.717) is 19.0 Å². The zero-order valence-corrected chi connectivity index (χ0v) is 20.7. The molecule has 5 heteroatoms. The first kappa shape index (κ1) is 27.9. The van der Waals surface area contributed by atoms with Crippen molar-refractivity contribution in [2.24, 2.45) is 0 Å². The van der Waals surface area contributed by atoms with Crippen molar-refractivity contribution in [1.82, 2.24) is 0 Å². The van der Waals surface area contributed by atoms with Crippen LogP contribution in [0.3, 0.4) is 0 Å². The van der Waals surface area contributed by atoms with Gasteiger partial charge in [-0.3, -0.25) is 0 Å². The zero-order chi connectivity index (χ0) is 25.3. The zero-order valence-electron chi connectivity index (χ0n) is 20.7. The van der Waals surface area contributed by atoms with Crippen LogP contribution in [0, 0.1) is 0 Å². The Morgan fingerprint density at radius 2 is 1.17 bits per heavy atom. The van der Waals surface area contributed by atoms with Crippen molar-refractivity contribution >= 4 is 11.9 Å². The number of esters is 2. The molecule has 0 heterocycles. The highest BCUT2D eigenvalue weighted by Crippen LogP contribution is 2.31. The third kappa shape index (κ3) is 11.1. The molecule has 0 unspecified atom stereocenters. The number of aryl methyl sites for hydroxylation is 2. The molecule has 0 aliphatic rings. The quantitative estimate of drug-likeness (QED) is 0.155. The maximum absolute atomic E-state index is 11.0. The first-order valence-electron chi connectivity index (χ1n) is 12.5. The summed E-state index contributed by atoms with van der Waals surface area (Å²) < 4.78 is 9.96. The molecule has 1 N–H and O–H groups in total. The van der Waals surface area contributed by atoms with Gasteiger partial charge in [0.2, 0.25) is 0 Å². The van der Waals surface area contributed by atoms with Crippen LogP contribution >= 0.6 is 0 Å². The number of phenols is 1. The molecule has 2 aromatic rings. The van der Waals surface area contributed by atoms with E-state index < -0.39 is 0 Å². The summed E-state index contributed by atoms with van der Waals surface area (Å²) in [6.45, 7) is 7.65. The van der Waals surface area contributed by atoms with Crippen LogP contribution in [0.4, 0.5) is 0 Å². The SMILES string of the molecule is C=CC(=O)OCCCCCCc1ccc(-c2ccc(CCCCCCOC(=O)C=C)cc2O)cc1. The molecule has 0 bridgehead atoms. The number of carbonyl (C=O) groups is 2. The largest absolute Gasteiger partial charge is 0.507 e. The second-order valence-electron chi connectivity index (χ2n) is 8.62. The molecule has 0 spiro atoms. The summed E-state index contributed by atoms with van der Waals surface area (Å²) in [6.07, 6.45) is 12.3. The minimum Gasteiger partial charge on any atom is -0.507 e. The molecule has 0 fully saturated rings. The molecule has 188 valence electrons. The van der Waals surface area contributed by atoms with Crippen molar-refractivity contribution in [3.8, 4) is 16.9 Å². The van der Waals surface area contributed by atoms with E-state index in [0.717, 1.165) is 80.9 Å². The number of phenolic OH excluding ortho intramolecular Hbond substituents is 1. The Bertz CT molecular complexity index is 946. The van der Waals surface area contributed by atoms with Gasteiger partial charge in [-0.05, 0) is 61.3 Å². The fourth-order valence-electron chi connectivity index (χ4n) is 3.86. The molecule has 0 aliphatic carbocycles. The van der Waals surface area contributed by atoms with E-state index in [4.69, 9.17) is 9.47 Å². The lowest BCUT2D eigenvalue weighted by atomic mass is 9.98. The summed E-state index contributed by atoms with van der Waals surface area (Å²) in [5.41, 5.74) is 4.26. The molecule has 0 atom stereocenters. The molecule has 2 rings (SSSR count). The summed E-state index contributed by atoms with van der Waals surface area (Å²) in [5.74, 6) is -0.417. The van der Waals surface area contributed by atoms with Crippen molar-refractivity contribution in [1.29, 1.82) is 0 Å². The van der Waals surface area contributed by atoms with E-state index in [1.54, 1.807) is 0 Å². The van der Waals surface area contributed by atoms with Gasteiger partial charge in [-0.1, -0.05) is 75.2 Å². The summed E-state index contributed by atoms with van der Waals surface area (Å²) in [4.78, 5) is 22.0. The maximum Gasteiger partial charge on any atom is 0.330 e. The Kier molecular flexibility index (Phi) is 13.0. The topological polar surface area (TPSA) is 72.8 Å². The van der Waals surface area contributed by atoms with Gasteiger partial charge in [0, 0.05) is 17.7 Å². The predicted octanol–water partition coefficient (Wildman–Crippen LogP) is 6.72. The number of benzene rings is 2. The van der Waals surface area contributed by atoms with Gasteiger partial charge in [0.15, 0.2) is 0 Å². The molecule has 0 saturated heterocycles. The van der Waals surface area contributed by atoms with Crippen LogP contribution in [0.2, 0.25) is 0 Å². The number of hydrogen-bond donors (Lipinski definition) is 1. The number of unbranched alkanes of at least 4 members (excludes halogenated alkanes) is 6. The molecule has 35 heavy (non-hydrogen) atoms. The van der Waals surface area contributed by atoms with E-state index in [1.165, 1.54) is 17.7 Å². The maximum atomic E-state index is 11.0. The molecule has 0 saturated carbocycles. The van der Waals surface area contributed by atoms with Crippen molar-refractivity contribution in [2.45, 2.75) is 64.2 Å². The van der Waals surface area contributed by atoms with Crippen molar-refractivity contribution in [3.63, 3.8) is 0 Å². The Morgan fingerprint density at radius 3 is 1.69 bits per heavy atom. The molecule has 0 radical (unpaired) electrons. The van der Waals surface area contributed by atoms with E-state index in [-0.39, 0.29) is 11.9 Å². The van der Waals surface area contributed by atoms with Gasteiger partial charge < -0.3 is 14.6 Å². The standard InChI is InChI=1S/C30H38O5/c1-3-29(32)34-21-11-7-5-9-13-24-15-18-26(19-16-24)27-20-17-25(23-28(27)31)14-10-6-8-12-22-35-30(33)4-2/h3-4,15-20,23,31H,1-2,5-14,21-22H2. The molecule has 0 amide bonds. The third-order valence-electron chi connectivity index (χ3n) is 5.87. The fourth-order valence-corrected chi connectivity index (χ4v) is 3.86. The van der Waals surface area contributed by atoms with Crippen LogP contribution in [0.25, 0.3) is 11.1 Å². The highest BCUT2D eigenvalue weighted by Gasteiger charge is 2.06. The Balaban J connectivity index is 1.68. The minimum absolute atomic E-state index is 0.309. The predicted molar refractivity (Wildman–Crippen MR) is 140 cm³/mol. The van der Waals surface area contributed by atoms with Crippen LogP contribution < -0.4 is 0 Å². The summed E-state index contributed by atoms with van der Waals surface area (Å²) in [5, 5.41) is 10.6. The third-order valence-corrected chi connectivity index (χ3v) is 5.87. The van der Waals surface area contributed by atoms with Gasteiger partial charge in [0.05, 0.1) is 13.2 Å². The fraction of sp³-hybridized carbons (Fsp3) is 0.400. The molecular formula is C30H38O5. The second kappa shape index (κ2) is 16.3. The highest BCUT2D eigenvalue weighted by molar-refractivity contribution is 5.81. The average molecular weight is 479 g/mol. The molecule has 2 aromatic carbocycles. The van der Waals surface area contributed by atoms with Gasteiger partial charge in [-0.2, -0.15) is 0 Å². The van der Waals surface area contributed by atoms with E-state index in [1.807, 2.05) is 12.1 Å². The second-order valence-corrected chi connectivity index (χ2v) is 8.62. The van der Waals surface area contributed by atoms with Crippen molar-refractivity contribution in [3.05, 3.63) is 78.9 Å². The van der Waals surface area contributed by atoms with Gasteiger partial charge in [-0.15, -0.1) is 0 Å². The van der Waals surface area contributed by atoms with E-state index >= 15 is 0 Å². The summed E-state index contributed by atoms with van der Waals surface area (Å²) in [7, 11) is 0. The monoisotopic (exact) mass is 478 g/mol. The number of carbonyl (C=O) groups excluding carboxylic acids is 2. The van der Waals surface area contributed by atoms with Gasteiger partial charge in [-0.25, -0.2) is 9.59 Å². The molecular weight excluding hydrogens is 440 g/mol. The Hall–Kier alpha value is -3.34. The van der Waals surface area contributed by atoms with Crippen molar-refractivity contribution in [2.75, 3.05) is 13.2 Å². The van der Waals surface area contributed by atoms with E-state index in [9.17, 15) is 14.7 Å². The van der Waals surface area contributed by atoms with Crippen LogP contribution in [-0.2, 0) is 31.9 Å². The highest BCUT2D eigenvalue weighted by atomic mass is 16.5. The number of hydrogen-bond acceptors (Lipinski definition) is 5. The Labute approximate surface area is 209 Å². The van der Waals surface area contributed by atoms with E-state index in [2.05, 4.69) is 43.5 Å². The van der Waals surface area contributed by atoms with Gasteiger partial charge >= 0.3 is 11.9 Å². The van der Waals surface area contributed by atoms with Crippen molar-refractivity contribution < 1.29 is 24.2 Å². The lowest BCUT2D eigenvalue weighted by Crippen LogP contribution is -2.01. The lowest BCUT2D eigenvalue weighted by Gasteiger charge is -2.09. The number of ether oxygens (including phenoxy) is 2. The van der Waals surface area contributed by atoms with Gasteiger partial charge in [0.1, 0.15) is 5.75 Å². The number of aromatic hydroxyl groups is 1. The summed E-state index contributed by atoms with van der Waals surface area (Å²) in [6, 6.07) is 14.3. The van der Waals surface area contributed by atoms with Gasteiger partial charge in [0.25, 0.3) is 0 Å². The van der Waals surface area contributed by atoms with Crippen LogP contribution in [0.15, 0.2) is 67.8 Å². The lowest BCUT2D eigenvalue weighted by molar-refractivity contribution is -0.138. The molecule has 0 aliphatic heterocycles. The smallest absolute Gasteiger partial charge is 0.330 e. The van der Waals surface area contributed by atoms with Crippen LogP contribution in [0.5, 0.6) is 5.75 Å². The normalized spacial score (nSPS) is 10.5. The number of rotatable bonds is 17. The van der Waals surface area contributed by atoms with Crippen LogP contribution in [-0.4, -0.2) is 30.3 Å². The Morgan fingerprint density at radius 1 is 0.686 bits per heavy atom. The molecule has 0 aromatic heterocycles. The van der Waals surface area contributed by atoms with Crippen LogP contribution in [0.1, 0.15) is 62.5 Å². The average Bonchev–Trinajstić information content (AvgIpc) is 2.87.